The lowest BCUT2D eigenvalue weighted by atomic mass is 10.1. The predicted octanol–water partition coefficient (Wildman–Crippen LogP) is 5.22. The summed E-state index contributed by atoms with van der Waals surface area (Å²) in [6, 6.07) is 8.55. The molecule has 0 aliphatic rings. The molecule has 2 aromatic carbocycles. The van der Waals surface area contributed by atoms with Crippen molar-refractivity contribution in [2.45, 2.75) is 6.18 Å². The van der Waals surface area contributed by atoms with Crippen LogP contribution in [0.4, 0.5) is 28.9 Å². The number of anilines is 2. The number of alkyl halides is 3. The van der Waals surface area contributed by atoms with Gasteiger partial charge in [0.2, 0.25) is 0 Å². The minimum Gasteiger partial charge on any atom is -0.354 e. The second-order valence-electron chi connectivity index (χ2n) is 4.12. The predicted molar refractivity (Wildman–Crippen MR) is 73.5 cm³/mol. The van der Waals surface area contributed by atoms with Crippen molar-refractivity contribution in [3.05, 3.63) is 57.8 Å². The van der Waals surface area contributed by atoms with Crippen LogP contribution in [0.25, 0.3) is 0 Å². The van der Waals surface area contributed by atoms with Crippen LogP contribution in [0.15, 0.2) is 40.9 Å². The SMILES string of the molecule is N#Cc1cc(C(F)(F)F)ccc1Nc1ccc(F)c(Br)c1. The summed E-state index contributed by atoms with van der Waals surface area (Å²) in [7, 11) is 0. The number of benzene rings is 2. The monoisotopic (exact) mass is 358 g/mol. The Bertz CT molecular complexity index is 720. The molecule has 0 aromatic heterocycles. The van der Waals surface area contributed by atoms with Crippen LogP contribution in [0.1, 0.15) is 11.1 Å². The van der Waals surface area contributed by atoms with E-state index >= 15 is 0 Å². The third-order valence-corrected chi connectivity index (χ3v) is 3.27. The number of halogens is 5. The van der Waals surface area contributed by atoms with Crippen LogP contribution >= 0.6 is 15.9 Å². The van der Waals surface area contributed by atoms with Crippen molar-refractivity contribution >= 4 is 27.3 Å². The highest BCUT2D eigenvalue weighted by Gasteiger charge is 2.31. The molecule has 1 N–H and O–H groups in total. The number of hydrogen-bond donors (Lipinski definition) is 1. The van der Waals surface area contributed by atoms with E-state index in [4.69, 9.17) is 5.26 Å². The fraction of sp³-hybridized carbons (Fsp3) is 0.0714. The van der Waals surface area contributed by atoms with Gasteiger partial charge in [0, 0.05) is 5.69 Å². The van der Waals surface area contributed by atoms with Crippen molar-refractivity contribution in [2.24, 2.45) is 0 Å². The third-order valence-electron chi connectivity index (χ3n) is 2.67. The number of hydrogen-bond acceptors (Lipinski definition) is 2. The Morgan fingerprint density at radius 1 is 1.10 bits per heavy atom. The molecule has 2 aromatic rings. The van der Waals surface area contributed by atoms with Gasteiger partial charge in [-0.05, 0) is 52.3 Å². The molecule has 0 saturated carbocycles. The molecule has 0 saturated heterocycles. The van der Waals surface area contributed by atoms with Crippen molar-refractivity contribution in [3.63, 3.8) is 0 Å². The molecule has 0 heterocycles. The first kappa shape index (κ1) is 15.3. The van der Waals surface area contributed by atoms with Gasteiger partial charge in [0.05, 0.1) is 21.3 Å². The molecule has 0 amide bonds. The Labute approximate surface area is 126 Å². The number of rotatable bonds is 2. The topological polar surface area (TPSA) is 35.8 Å². The van der Waals surface area contributed by atoms with Crippen molar-refractivity contribution in [1.82, 2.24) is 0 Å². The van der Waals surface area contributed by atoms with E-state index in [-0.39, 0.29) is 15.7 Å². The summed E-state index contributed by atoms with van der Waals surface area (Å²) in [6.45, 7) is 0. The first-order valence-corrected chi connectivity index (χ1v) is 6.44. The maximum absolute atomic E-state index is 13.1. The molecule has 0 radical (unpaired) electrons. The summed E-state index contributed by atoms with van der Waals surface area (Å²) < 4.78 is 51.1. The van der Waals surface area contributed by atoms with Gasteiger partial charge >= 0.3 is 6.18 Å². The van der Waals surface area contributed by atoms with Gasteiger partial charge in [0.1, 0.15) is 11.9 Å². The van der Waals surface area contributed by atoms with Crippen LogP contribution < -0.4 is 5.32 Å². The minimum atomic E-state index is -4.51. The zero-order chi connectivity index (χ0) is 15.6. The summed E-state index contributed by atoms with van der Waals surface area (Å²) in [4.78, 5) is 0. The van der Waals surface area contributed by atoms with Gasteiger partial charge in [-0.2, -0.15) is 18.4 Å². The molecule has 0 aliphatic carbocycles. The Morgan fingerprint density at radius 2 is 1.81 bits per heavy atom. The van der Waals surface area contributed by atoms with Crippen LogP contribution in [0, 0.1) is 17.1 Å². The number of nitrogens with one attached hydrogen (secondary N) is 1. The van der Waals surface area contributed by atoms with Crippen LogP contribution in [0.3, 0.4) is 0 Å². The van der Waals surface area contributed by atoms with Gasteiger partial charge in [0.25, 0.3) is 0 Å². The van der Waals surface area contributed by atoms with Gasteiger partial charge in [-0.3, -0.25) is 0 Å². The average Bonchev–Trinajstić information content (AvgIpc) is 2.42. The highest BCUT2D eigenvalue weighted by Crippen LogP contribution is 2.32. The summed E-state index contributed by atoms with van der Waals surface area (Å²) in [5, 5.41) is 11.7. The zero-order valence-corrected chi connectivity index (χ0v) is 11.9. The summed E-state index contributed by atoms with van der Waals surface area (Å²) in [5.41, 5.74) is -0.390. The maximum Gasteiger partial charge on any atom is 0.416 e. The fourth-order valence-corrected chi connectivity index (χ4v) is 2.03. The van der Waals surface area contributed by atoms with E-state index in [1.807, 2.05) is 0 Å². The summed E-state index contributed by atoms with van der Waals surface area (Å²) in [5.74, 6) is -0.464. The average molecular weight is 359 g/mol. The second kappa shape index (κ2) is 5.74. The summed E-state index contributed by atoms with van der Waals surface area (Å²) >= 11 is 3.00. The van der Waals surface area contributed by atoms with E-state index in [1.54, 1.807) is 6.07 Å². The van der Waals surface area contributed by atoms with Gasteiger partial charge < -0.3 is 5.32 Å². The lowest BCUT2D eigenvalue weighted by Crippen LogP contribution is -2.06. The minimum absolute atomic E-state index is 0.148. The molecule has 2 nitrogen and oxygen atoms in total. The van der Waals surface area contributed by atoms with Gasteiger partial charge in [-0.1, -0.05) is 0 Å². The molecule has 21 heavy (non-hydrogen) atoms. The number of nitrogens with zero attached hydrogens (tertiary/aromatic N) is 1. The molecule has 7 heteroatoms. The Morgan fingerprint density at radius 3 is 2.38 bits per heavy atom. The Kier molecular flexibility index (Phi) is 4.19. The van der Waals surface area contributed by atoms with E-state index in [0.29, 0.717) is 5.69 Å². The quantitative estimate of drug-likeness (QED) is 0.746. The Hall–Kier alpha value is -2.07. The van der Waals surface area contributed by atoms with Crippen LogP contribution in [-0.4, -0.2) is 0 Å². The van der Waals surface area contributed by atoms with Gasteiger partial charge in [-0.25, -0.2) is 4.39 Å². The largest absolute Gasteiger partial charge is 0.416 e. The zero-order valence-electron chi connectivity index (χ0n) is 10.3. The normalized spacial score (nSPS) is 11.0. The van der Waals surface area contributed by atoms with E-state index in [1.165, 1.54) is 24.3 Å². The van der Waals surface area contributed by atoms with E-state index < -0.39 is 17.6 Å². The lowest BCUT2D eigenvalue weighted by molar-refractivity contribution is -0.137. The van der Waals surface area contributed by atoms with Gasteiger partial charge in [-0.15, -0.1) is 0 Å². The number of nitriles is 1. The summed E-state index contributed by atoms with van der Waals surface area (Å²) in [6.07, 6.45) is -4.51. The van der Waals surface area contributed by atoms with Crippen LogP contribution in [0.5, 0.6) is 0 Å². The van der Waals surface area contributed by atoms with Crippen LogP contribution in [0.2, 0.25) is 0 Å². The van der Waals surface area contributed by atoms with Crippen molar-refractivity contribution in [3.8, 4) is 6.07 Å². The highest BCUT2D eigenvalue weighted by molar-refractivity contribution is 9.10. The molecule has 0 spiro atoms. The van der Waals surface area contributed by atoms with Crippen molar-refractivity contribution in [2.75, 3.05) is 5.32 Å². The smallest absolute Gasteiger partial charge is 0.354 e. The standard InChI is InChI=1S/C14H7BrF4N2/c15-11-6-10(2-3-12(11)16)21-13-4-1-9(14(17,18)19)5-8(13)7-20/h1-6,21H. The first-order valence-electron chi connectivity index (χ1n) is 5.64. The van der Waals surface area contributed by atoms with E-state index in [2.05, 4.69) is 21.2 Å². The van der Waals surface area contributed by atoms with Crippen molar-refractivity contribution < 1.29 is 17.6 Å². The van der Waals surface area contributed by atoms with Crippen LogP contribution in [-0.2, 0) is 6.18 Å². The van der Waals surface area contributed by atoms with E-state index in [0.717, 1.165) is 12.1 Å². The molecule has 0 aliphatic heterocycles. The Balaban J connectivity index is 2.36. The van der Waals surface area contributed by atoms with Crippen molar-refractivity contribution in [1.29, 1.82) is 5.26 Å². The van der Waals surface area contributed by atoms with E-state index in [9.17, 15) is 17.6 Å². The molecule has 0 fully saturated rings. The molecular weight excluding hydrogens is 352 g/mol. The van der Waals surface area contributed by atoms with Gasteiger partial charge in [0.15, 0.2) is 0 Å². The first-order chi connectivity index (χ1) is 9.81. The fourth-order valence-electron chi connectivity index (χ4n) is 1.65. The molecule has 0 unspecified atom stereocenters. The molecule has 108 valence electrons. The maximum atomic E-state index is 13.1. The second-order valence-corrected chi connectivity index (χ2v) is 4.98. The highest BCUT2D eigenvalue weighted by atomic mass is 79.9. The molecule has 0 atom stereocenters. The molecular formula is C14H7BrF4N2. The third kappa shape index (κ3) is 3.52. The molecule has 2 rings (SSSR count). The lowest BCUT2D eigenvalue weighted by Gasteiger charge is -2.12. The molecule has 0 bridgehead atoms.